The maximum absolute atomic E-state index is 14.3. The summed E-state index contributed by atoms with van der Waals surface area (Å²) < 4.78 is 21.2. The number of nitrogens with zero attached hydrogens (tertiary/aromatic N) is 6. The van der Waals surface area contributed by atoms with Gasteiger partial charge in [-0.1, -0.05) is 0 Å². The number of Topliss-reactive ketones (excluding diaryl/α,β-unsaturated/α-hetero) is 1. The van der Waals surface area contributed by atoms with E-state index in [-0.39, 0.29) is 47.7 Å². The number of carbonyl (C=O) groups excluding carboxylic acids is 1. The van der Waals surface area contributed by atoms with E-state index in [2.05, 4.69) is 15.0 Å². The predicted octanol–water partition coefficient (Wildman–Crippen LogP) is 1.53. The third kappa shape index (κ3) is 5.55. The molecule has 3 aromatic rings. The van der Waals surface area contributed by atoms with Crippen molar-refractivity contribution in [3.63, 3.8) is 0 Å². The summed E-state index contributed by atoms with van der Waals surface area (Å²) in [6.07, 6.45) is -2.14. The summed E-state index contributed by atoms with van der Waals surface area (Å²) in [5.41, 5.74) is 4.22. The fraction of sp³-hybridized carbons (Fsp3) is 0.500. The second-order valence-electron chi connectivity index (χ2n) is 10.2. The van der Waals surface area contributed by atoms with Crippen molar-refractivity contribution in [2.24, 2.45) is 0 Å². The Kier molecular flexibility index (Phi) is 9.32. The number of nitriles is 1. The molecule has 0 radical (unpaired) electrons. The summed E-state index contributed by atoms with van der Waals surface area (Å²) in [6, 6.07) is 9.58. The van der Waals surface area contributed by atoms with Crippen molar-refractivity contribution in [3.8, 4) is 6.07 Å². The Morgan fingerprint density at radius 1 is 1.24 bits per heavy atom. The Balaban J connectivity index is 1.87. The number of imidazole rings is 1. The van der Waals surface area contributed by atoms with Crippen LogP contribution in [0.15, 0.2) is 43.0 Å². The number of rotatable bonds is 12. The molecule has 1 aromatic carbocycles. The standard InChI is InChI=1S/C26H36N7O7P/c1-16(2)33(17(3)4)41(37,38-12-8-11-27)40-21-19(13-34)39-26(23(21)36,22(35)18-9-6-5-7-10-18)32-15-31-20-24(28)29-14-30-25(20)32/h5-7,9-10,14-17,19,21,23,34,36-37,41H,8,12-13H2,1-4H3,(H2,28,29,30)/t19-,21-,23-,26-/m1/s1. The number of aromatic nitrogens is 4. The second kappa shape index (κ2) is 12.4. The van der Waals surface area contributed by atoms with E-state index in [1.54, 1.807) is 35.0 Å². The number of fused-ring (bicyclic) bond motifs is 1. The van der Waals surface area contributed by atoms with Gasteiger partial charge in [-0.25, -0.2) is 0 Å². The fourth-order valence-electron chi connectivity index (χ4n) is 5.29. The van der Waals surface area contributed by atoms with Crippen molar-refractivity contribution in [2.45, 2.75) is 70.2 Å². The van der Waals surface area contributed by atoms with Crippen LogP contribution in [0.2, 0.25) is 0 Å². The molecule has 0 spiro atoms. The number of carbonyl (C=O) groups is 1. The van der Waals surface area contributed by atoms with Crippen LogP contribution in [0.1, 0.15) is 44.5 Å². The van der Waals surface area contributed by atoms with Crippen LogP contribution >= 0.6 is 8.09 Å². The molecule has 1 fully saturated rings. The maximum atomic E-state index is 14.3. The number of nitrogen functional groups attached to an aromatic ring is 1. The van der Waals surface area contributed by atoms with E-state index in [1.165, 1.54) is 17.2 Å². The van der Waals surface area contributed by atoms with E-state index in [0.29, 0.717) is 0 Å². The molecule has 3 heterocycles. The van der Waals surface area contributed by atoms with Gasteiger partial charge in [0.05, 0.1) is 0 Å². The zero-order valence-electron chi connectivity index (χ0n) is 23.3. The van der Waals surface area contributed by atoms with E-state index in [0.717, 1.165) is 0 Å². The van der Waals surface area contributed by atoms with Crippen LogP contribution in [0.4, 0.5) is 5.82 Å². The summed E-state index contributed by atoms with van der Waals surface area (Å²) in [5.74, 6) is -0.626. The van der Waals surface area contributed by atoms with Crippen LogP contribution < -0.4 is 5.73 Å². The van der Waals surface area contributed by atoms with E-state index in [9.17, 15) is 19.9 Å². The third-order valence-corrected chi connectivity index (χ3v) is 9.75. The van der Waals surface area contributed by atoms with Gasteiger partial charge in [-0.2, -0.15) is 0 Å². The first kappa shape index (κ1) is 30.8. The minimum atomic E-state index is -4.38. The average molecular weight is 590 g/mol. The molecule has 4 rings (SSSR count). The zero-order chi connectivity index (χ0) is 29.9. The first-order valence-corrected chi connectivity index (χ1v) is 14.9. The van der Waals surface area contributed by atoms with Gasteiger partial charge in [0, 0.05) is 0 Å². The van der Waals surface area contributed by atoms with E-state index in [4.69, 9.17) is 24.8 Å². The summed E-state index contributed by atoms with van der Waals surface area (Å²) >= 11 is 0. The van der Waals surface area contributed by atoms with Gasteiger partial charge < -0.3 is 0 Å². The molecule has 14 nitrogen and oxygen atoms in total. The molecule has 1 aliphatic rings. The third-order valence-electron chi connectivity index (χ3n) is 6.90. The fourth-order valence-corrected chi connectivity index (χ4v) is 7.94. The molecule has 41 heavy (non-hydrogen) atoms. The van der Waals surface area contributed by atoms with E-state index >= 15 is 0 Å². The average Bonchev–Trinajstić information content (AvgIpc) is 3.49. The Morgan fingerprint density at radius 3 is 2.54 bits per heavy atom. The molecule has 1 saturated heterocycles. The molecule has 4 atom stereocenters. The number of anilines is 1. The first-order chi connectivity index (χ1) is 19.5. The topological polar surface area (TPSA) is 202 Å². The molecular weight excluding hydrogens is 553 g/mol. The Labute approximate surface area is 237 Å². The van der Waals surface area contributed by atoms with Crippen LogP contribution in [0, 0.1) is 11.3 Å². The minimum absolute atomic E-state index is 0.0194. The molecule has 0 amide bonds. The number of ketones is 1. The zero-order valence-corrected chi connectivity index (χ0v) is 24.3. The quantitative estimate of drug-likeness (QED) is 0.135. The van der Waals surface area contributed by atoms with E-state index < -0.39 is 44.5 Å². The molecule has 0 aliphatic carbocycles. The van der Waals surface area contributed by atoms with Gasteiger partial charge in [-0.05, 0) is 0 Å². The van der Waals surface area contributed by atoms with Crippen LogP contribution in [-0.2, 0) is 19.5 Å². The van der Waals surface area contributed by atoms with Crippen molar-refractivity contribution in [3.05, 3.63) is 48.5 Å². The first-order valence-electron chi connectivity index (χ1n) is 13.2. The molecule has 15 heteroatoms. The number of hydrogen-bond acceptors (Lipinski definition) is 13. The van der Waals surface area contributed by atoms with Crippen LogP contribution in [0.5, 0.6) is 0 Å². The van der Waals surface area contributed by atoms with Gasteiger partial charge in [0.15, 0.2) is 0 Å². The number of hydrogen-bond donors (Lipinski definition) is 4. The van der Waals surface area contributed by atoms with Crippen molar-refractivity contribution >= 4 is 30.9 Å². The molecule has 2 aromatic heterocycles. The van der Waals surface area contributed by atoms with Crippen LogP contribution in [0.25, 0.3) is 11.2 Å². The number of aliphatic hydroxyl groups is 2. The van der Waals surface area contributed by atoms with Gasteiger partial charge in [0.1, 0.15) is 0 Å². The molecule has 0 bridgehead atoms. The van der Waals surface area contributed by atoms with Crippen molar-refractivity contribution in [1.29, 1.82) is 5.26 Å². The molecule has 222 valence electrons. The summed E-state index contributed by atoms with van der Waals surface area (Å²) in [5, 5.41) is 31.5. The van der Waals surface area contributed by atoms with E-state index in [1.807, 2.05) is 33.8 Å². The number of ether oxygens (including phenoxy) is 1. The molecule has 0 saturated carbocycles. The SMILES string of the molecule is CC(C)N(C(C)C)[PH](O)(OCCC#N)O[C@H]1[C@@H](O)[C@](C(=O)c2ccccc2)(n2cnc3c(N)ncnc32)O[C@@H]1CO. The molecule has 1 aliphatic heterocycles. The van der Waals surface area contributed by atoms with Gasteiger partial charge in [0.2, 0.25) is 0 Å². The Bertz CT molecular complexity index is 1390. The molecular formula is C26H36N7O7P. The Hall–Kier alpha value is -3.12. The molecule has 0 unspecified atom stereocenters. The van der Waals surface area contributed by atoms with Crippen LogP contribution in [0.3, 0.4) is 0 Å². The van der Waals surface area contributed by atoms with Gasteiger partial charge >= 0.3 is 238 Å². The predicted molar refractivity (Wildman–Crippen MR) is 150 cm³/mol. The molecule has 5 N–H and O–H groups in total. The number of nitrogens with two attached hydrogens (primary N) is 1. The van der Waals surface area contributed by atoms with Crippen molar-refractivity contribution in [2.75, 3.05) is 18.9 Å². The summed E-state index contributed by atoms with van der Waals surface area (Å²) in [4.78, 5) is 38.6. The second-order valence-corrected chi connectivity index (χ2v) is 12.3. The van der Waals surface area contributed by atoms with Crippen molar-refractivity contribution in [1.82, 2.24) is 24.2 Å². The van der Waals surface area contributed by atoms with Crippen molar-refractivity contribution < 1.29 is 33.7 Å². The monoisotopic (exact) mass is 589 g/mol. The van der Waals surface area contributed by atoms with Gasteiger partial charge in [-0.15, -0.1) is 0 Å². The van der Waals surface area contributed by atoms with Gasteiger partial charge in [-0.3, -0.25) is 0 Å². The summed E-state index contributed by atoms with van der Waals surface area (Å²) in [6.45, 7) is 6.53. The number of aliphatic hydroxyl groups excluding tert-OH is 2. The summed E-state index contributed by atoms with van der Waals surface area (Å²) in [7, 11) is -4.38. The number of benzene rings is 1. The van der Waals surface area contributed by atoms with Crippen LogP contribution in [-0.4, -0.2) is 88.7 Å². The normalized spacial score (nSPS) is 23.5. The van der Waals surface area contributed by atoms with Gasteiger partial charge in [0.25, 0.3) is 0 Å². The Morgan fingerprint density at radius 2 is 1.93 bits per heavy atom.